The van der Waals surface area contributed by atoms with E-state index in [4.69, 9.17) is 0 Å². The highest BCUT2D eigenvalue weighted by Crippen LogP contribution is 2.50. The molecule has 0 unspecified atom stereocenters. The van der Waals surface area contributed by atoms with E-state index in [1.165, 1.54) is 86.5 Å². The van der Waals surface area contributed by atoms with Crippen molar-refractivity contribution in [1.82, 2.24) is 0 Å². The van der Waals surface area contributed by atoms with E-state index >= 15 is 0 Å². The van der Waals surface area contributed by atoms with Gasteiger partial charge in [0.2, 0.25) is 0 Å². The van der Waals surface area contributed by atoms with Crippen LogP contribution in [0.2, 0.25) is 39.3 Å². The summed E-state index contributed by atoms with van der Waals surface area (Å²) in [6, 6.07) is 62.3. The normalized spacial score (nSPS) is 12.1. The lowest BCUT2D eigenvalue weighted by atomic mass is 9.81. The van der Waals surface area contributed by atoms with Crippen LogP contribution in [0, 0.1) is 22.7 Å². The second-order valence-corrected chi connectivity index (χ2v) is 28.4. The van der Waals surface area contributed by atoms with Gasteiger partial charge in [-0.25, -0.2) is 0 Å². The van der Waals surface area contributed by atoms with Crippen LogP contribution in [0.4, 0.5) is 0 Å². The van der Waals surface area contributed by atoms with Crippen molar-refractivity contribution in [1.29, 1.82) is 10.5 Å². The Balaban J connectivity index is 1.39. The van der Waals surface area contributed by atoms with E-state index in [9.17, 15) is 10.5 Å². The molecule has 0 saturated carbocycles. The van der Waals surface area contributed by atoms with Crippen LogP contribution in [0.3, 0.4) is 0 Å². The van der Waals surface area contributed by atoms with Gasteiger partial charge in [-0.05, 0) is 135 Å². The lowest BCUT2D eigenvalue weighted by Gasteiger charge is -2.24. The quantitative estimate of drug-likeness (QED) is 0.124. The number of hydrogen-bond donors (Lipinski definition) is 0. The molecular weight excluding hydrogens is 757 g/mol. The number of nitrogens with zero attached hydrogens (tertiary/aromatic N) is 2. The first kappa shape index (κ1) is 37.4. The van der Waals surface area contributed by atoms with Crippen LogP contribution < -0.4 is 10.4 Å². The zero-order valence-corrected chi connectivity index (χ0v) is 36.9. The molecule has 0 fully saturated rings. The van der Waals surface area contributed by atoms with Crippen LogP contribution in [0.5, 0.6) is 0 Å². The third-order valence-corrected chi connectivity index (χ3v) is 16.7. The first-order chi connectivity index (χ1) is 28.9. The van der Waals surface area contributed by atoms with Gasteiger partial charge in [-0.3, -0.25) is 0 Å². The van der Waals surface area contributed by atoms with Crippen LogP contribution in [0.15, 0.2) is 158 Å². The van der Waals surface area contributed by atoms with Crippen molar-refractivity contribution >= 4 is 80.4 Å². The molecule has 0 atom stereocenters. The fourth-order valence-electron chi connectivity index (χ4n) is 9.74. The maximum atomic E-state index is 9.76. The van der Waals surface area contributed by atoms with Crippen molar-refractivity contribution in [3.05, 3.63) is 169 Å². The van der Waals surface area contributed by atoms with Crippen molar-refractivity contribution in [2.75, 3.05) is 0 Å². The molecule has 2 nitrogen and oxygen atoms in total. The fourth-order valence-corrected chi connectivity index (χ4v) is 13.0. The third kappa shape index (κ3) is 5.95. The molecule has 0 radical (unpaired) electrons. The Labute approximate surface area is 354 Å². The second kappa shape index (κ2) is 13.9. The molecule has 0 saturated heterocycles. The summed E-state index contributed by atoms with van der Waals surface area (Å²) in [6.07, 6.45) is 0. The molecule has 0 bridgehead atoms. The van der Waals surface area contributed by atoms with Crippen LogP contribution in [0.1, 0.15) is 11.1 Å². The van der Waals surface area contributed by atoms with Gasteiger partial charge < -0.3 is 0 Å². The van der Waals surface area contributed by atoms with Gasteiger partial charge in [-0.1, -0.05) is 171 Å². The fraction of sp³-hybridized carbons (Fsp3) is 0.107. The van der Waals surface area contributed by atoms with Crippen molar-refractivity contribution < 1.29 is 0 Å². The molecule has 0 aromatic heterocycles. The Morgan fingerprint density at radius 1 is 0.317 bits per heavy atom. The first-order valence-electron chi connectivity index (χ1n) is 20.8. The highest BCUT2D eigenvalue weighted by molar-refractivity contribution is 6.91. The van der Waals surface area contributed by atoms with Crippen molar-refractivity contribution in [3.8, 4) is 56.6 Å². The number of fused-ring (bicyclic) bond motifs is 2. The Morgan fingerprint density at radius 2 is 0.650 bits per heavy atom. The molecule has 10 aromatic carbocycles. The summed E-state index contributed by atoms with van der Waals surface area (Å²) in [5.74, 6) is 0. The van der Waals surface area contributed by atoms with E-state index < -0.39 is 16.1 Å². The van der Waals surface area contributed by atoms with Crippen LogP contribution in [-0.2, 0) is 0 Å². The maximum Gasteiger partial charge on any atom is 0.0991 e. The van der Waals surface area contributed by atoms with E-state index in [0.717, 1.165) is 22.3 Å². The number of nitriles is 2. The van der Waals surface area contributed by atoms with Crippen molar-refractivity contribution in [2.45, 2.75) is 39.3 Å². The van der Waals surface area contributed by atoms with Gasteiger partial charge in [0.25, 0.3) is 0 Å². The van der Waals surface area contributed by atoms with Crippen LogP contribution in [0.25, 0.3) is 98.4 Å². The highest BCUT2D eigenvalue weighted by atomic mass is 28.3. The van der Waals surface area contributed by atoms with E-state index in [1.54, 1.807) is 0 Å². The maximum absolute atomic E-state index is 9.76. The van der Waals surface area contributed by atoms with Crippen molar-refractivity contribution in [3.63, 3.8) is 0 Å². The predicted molar refractivity (Wildman–Crippen MR) is 262 cm³/mol. The van der Waals surface area contributed by atoms with Gasteiger partial charge in [0.1, 0.15) is 0 Å². The summed E-state index contributed by atoms with van der Waals surface area (Å²) >= 11 is 0. The molecule has 0 heterocycles. The number of rotatable bonds is 6. The molecule has 0 spiro atoms. The zero-order valence-electron chi connectivity index (χ0n) is 34.9. The minimum Gasteiger partial charge on any atom is -0.192 e. The molecular formula is C56H44N2Si2. The Morgan fingerprint density at radius 3 is 0.983 bits per heavy atom. The smallest absolute Gasteiger partial charge is 0.0991 e. The predicted octanol–water partition coefficient (Wildman–Crippen LogP) is 14.4. The molecule has 0 amide bonds. The average molecular weight is 801 g/mol. The molecule has 60 heavy (non-hydrogen) atoms. The lowest BCUT2D eigenvalue weighted by Crippen LogP contribution is -2.38. The summed E-state index contributed by atoms with van der Waals surface area (Å²) in [7, 11) is -3.32. The standard InChI is InChI=1S/C56H44N2Si2/c1-59(2,3)53-29-27-41(39-11-7-9-13-43(39)53)51-31-49(37-19-15-35(33-57)16-20-37)45-24-26-48-52(42-28-30-54(60(4,5)6)44-14-10-8-12-40(42)44)32-50(38-21-17-36(34-58)18-22-38)46-23-25-47(51)55(45)56(46)48/h7-32H,1-6H3. The van der Waals surface area contributed by atoms with E-state index in [-0.39, 0.29) is 0 Å². The minimum absolute atomic E-state index is 0.647. The van der Waals surface area contributed by atoms with Crippen LogP contribution in [-0.4, -0.2) is 16.1 Å². The molecule has 4 heteroatoms. The monoisotopic (exact) mass is 800 g/mol. The Bertz CT molecular complexity index is 3210. The molecule has 0 N–H and O–H groups in total. The van der Waals surface area contributed by atoms with Crippen molar-refractivity contribution in [2.24, 2.45) is 0 Å². The number of hydrogen-bond acceptors (Lipinski definition) is 2. The van der Waals surface area contributed by atoms with E-state index in [0.29, 0.717) is 11.1 Å². The molecule has 10 aromatic rings. The highest BCUT2D eigenvalue weighted by Gasteiger charge is 2.26. The average Bonchev–Trinajstić information content (AvgIpc) is 3.26. The summed E-state index contributed by atoms with van der Waals surface area (Å²) < 4.78 is 0. The van der Waals surface area contributed by atoms with Gasteiger partial charge in [0, 0.05) is 0 Å². The zero-order chi connectivity index (χ0) is 41.5. The summed E-state index contributed by atoms with van der Waals surface area (Å²) in [6.45, 7) is 14.6. The SMILES string of the molecule is C[Si](C)(C)c1ccc(-c2cc(-c3ccc(C#N)cc3)c3ccc4c(-c5ccc([Si](C)(C)C)c6ccccc56)cc(-c5ccc(C#N)cc5)c5ccc2c3c54)c2ccccc12. The lowest BCUT2D eigenvalue weighted by molar-refractivity contribution is 1.48. The summed E-state index contributed by atoms with van der Waals surface area (Å²) in [4.78, 5) is 0. The molecule has 0 aliphatic heterocycles. The largest absolute Gasteiger partial charge is 0.192 e. The molecule has 0 aliphatic carbocycles. The number of benzene rings is 10. The Hall–Kier alpha value is -6.83. The minimum atomic E-state index is -1.66. The van der Waals surface area contributed by atoms with Gasteiger partial charge >= 0.3 is 0 Å². The van der Waals surface area contributed by atoms with Gasteiger partial charge in [0.05, 0.1) is 39.4 Å². The van der Waals surface area contributed by atoms with Crippen LogP contribution >= 0.6 is 0 Å². The van der Waals surface area contributed by atoms with Gasteiger partial charge in [0.15, 0.2) is 0 Å². The molecule has 10 rings (SSSR count). The topological polar surface area (TPSA) is 47.6 Å². The Kier molecular flexibility index (Phi) is 8.67. The van der Waals surface area contributed by atoms with Gasteiger partial charge in [-0.15, -0.1) is 0 Å². The first-order valence-corrected chi connectivity index (χ1v) is 27.8. The second-order valence-electron chi connectivity index (χ2n) is 18.3. The van der Waals surface area contributed by atoms with E-state index in [2.05, 4.69) is 185 Å². The van der Waals surface area contributed by atoms with Gasteiger partial charge in [-0.2, -0.15) is 10.5 Å². The molecule has 0 aliphatic rings. The van der Waals surface area contributed by atoms with E-state index in [1.807, 2.05) is 24.3 Å². The summed E-state index contributed by atoms with van der Waals surface area (Å²) in [5, 5.41) is 34.9. The third-order valence-electron chi connectivity index (χ3n) is 12.6. The molecule has 286 valence electrons. The summed E-state index contributed by atoms with van der Waals surface area (Å²) in [5.41, 5.74) is 10.6.